The summed E-state index contributed by atoms with van der Waals surface area (Å²) in [7, 11) is 0. The zero-order chi connectivity index (χ0) is 20.9. The number of rotatable bonds is 4. The van der Waals surface area contributed by atoms with E-state index < -0.39 is 17.5 Å². The Hall–Kier alpha value is -2.59. The summed E-state index contributed by atoms with van der Waals surface area (Å²) in [6.45, 7) is 1.86. The van der Waals surface area contributed by atoms with Gasteiger partial charge in [0.1, 0.15) is 10.8 Å². The summed E-state index contributed by atoms with van der Waals surface area (Å²) in [5.74, 6) is -2.33. The van der Waals surface area contributed by atoms with E-state index in [2.05, 4.69) is 25.5 Å². The molecule has 2 saturated heterocycles. The first kappa shape index (κ1) is 19.4. The molecule has 1 unspecified atom stereocenters. The number of nitrogens with one attached hydrogen (secondary N) is 1. The van der Waals surface area contributed by atoms with Gasteiger partial charge in [0, 0.05) is 35.7 Å². The molecular weight excluding hydrogens is 410 g/mol. The first-order valence-corrected chi connectivity index (χ1v) is 10.5. The van der Waals surface area contributed by atoms with E-state index in [-0.39, 0.29) is 17.4 Å². The molecule has 2 aliphatic heterocycles. The lowest BCUT2D eigenvalue weighted by Gasteiger charge is -2.35. The van der Waals surface area contributed by atoms with Gasteiger partial charge in [-0.15, -0.1) is 10.2 Å². The third-order valence-electron chi connectivity index (χ3n) is 5.69. The van der Waals surface area contributed by atoms with Gasteiger partial charge in [0.25, 0.3) is 5.92 Å². The maximum atomic E-state index is 14.1. The topological polar surface area (TPSA) is 88.8 Å². The third-order valence-corrected chi connectivity index (χ3v) is 6.81. The first-order chi connectivity index (χ1) is 14.3. The number of imidazole rings is 1. The minimum absolute atomic E-state index is 0.0273. The predicted octanol–water partition coefficient (Wildman–Crippen LogP) is 3.44. The lowest BCUT2D eigenvalue weighted by molar-refractivity contribution is -0.0126. The van der Waals surface area contributed by atoms with Crippen LogP contribution in [0.3, 0.4) is 0 Å². The van der Waals surface area contributed by atoms with E-state index in [4.69, 9.17) is 0 Å². The second kappa shape index (κ2) is 6.98. The second-order valence-corrected chi connectivity index (χ2v) is 9.49. The highest BCUT2D eigenvalue weighted by atomic mass is 32.2. The van der Waals surface area contributed by atoms with Crippen LogP contribution in [0.2, 0.25) is 0 Å². The summed E-state index contributed by atoms with van der Waals surface area (Å²) in [6.07, 6.45) is 7.56. The number of hydrogen-bond acceptors (Lipinski definition) is 7. The van der Waals surface area contributed by atoms with Gasteiger partial charge >= 0.3 is 0 Å². The highest BCUT2D eigenvalue weighted by Gasteiger charge is 2.57. The van der Waals surface area contributed by atoms with Gasteiger partial charge < -0.3 is 15.0 Å². The number of aromatic hydroxyl groups is 1. The molecule has 5 rings (SSSR count). The predicted molar refractivity (Wildman–Crippen MR) is 108 cm³/mol. The van der Waals surface area contributed by atoms with Gasteiger partial charge in [-0.25, -0.2) is 18.7 Å². The molecule has 3 aromatic rings. The molecule has 4 heterocycles. The van der Waals surface area contributed by atoms with Gasteiger partial charge in [-0.2, -0.15) is 0 Å². The molecule has 2 fully saturated rings. The minimum atomic E-state index is -2.67. The Morgan fingerprint density at radius 3 is 2.83 bits per heavy atom. The van der Waals surface area contributed by atoms with Crippen LogP contribution in [0.5, 0.6) is 5.75 Å². The summed E-state index contributed by atoms with van der Waals surface area (Å²) in [5, 5.41) is 22.4. The van der Waals surface area contributed by atoms with Crippen LogP contribution in [0, 0.1) is 0 Å². The average molecular weight is 430 g/mol. The van der Waals surface area contributed by atoms with Crippen LogP contribution in [0.25, 0.3) is 17.1 Å². The van der Waals surface area contributed by atoms with Crippen molar-refractivity contribution in [2.45, 2.75) is 54.0 Å². The molecule has 7 nitrogen and oxygen atoms in total. The molecule has 0 spiro atoms. The number of hydrogen-bond donors (Lipinski definition) is 2. The fourth-order valence-electron chi connectivity index (χ4n) is 4.42. The van der Waals surface area contributed by atoms with E-state index in [9.17, 15) is 13.9 Å². The third kappa shape index (κ3) is 3.54. The number of fused-ring (bicyclic) bond motifs is 2. The Morgan fingerprint density at radius 2 is 2.17 bits per heavy atom. The van der Waals surface area contributed by atoms with Crippen LogP contribution in [-0.2, 0) is 0 Å². The summed E-state index contributed by atoms with van der Waals surface area (Å²) >= 11 is 1.44. The molecule has 2 aliphatic rings. The van der Waals surface area contributed by atoms with E-state index in [1.165, 1.54) is 11.8 Å². The number of nitrogens with zero attached hydrogens (tertiary/aromatic N) is 5. The number of piperidine rings is 1. The maximum Gasteiger partial charge on any atom is 0.264 e. The largest absolute Gasteiger partial charge is 0.507 e. The molecule has 156 valence electrons. The van der Waals surface area contributed by atoms with Crippen LogP contribution in [0.15, 0.2) is 48.1 Å². The molecule has 30 heavy (non-hydrogen) atoms. The number of alkyl halides is 2. The van der Waals surface area contributed by atoms with Gasteiger partial charge in [0.05, 0.1) is 29.8 Å². The van der Waals surface area contributed by atoms with Crippen LogP contribution >= 0.6 is 11.8 Å². The molecule has 3 atom stereocenters. The smallest absolute Gasteiger partial charge is 0.264 e. The second-order valence-electron chi connectivity index (χ2n) is 8.17. The lowest BCUT2D eigenvalue weighted by Crippen LogP contribution is -2.49. The van der Waals surface area contributed by atoms with E-state index >= 15 is 0 Å². The van der Waals surface area contributed by atoms with Crippen molar-refractivity contribution < 1.29 is 13.9 Å². The van der Waals surface area contributed by atoms with E-state index in [0.29, 0.717) is 29.3 Å². The molecule has 2 N–H and O–H groups in total. The quantitative estimate of drug-likeness (QED) is 0.655. The molecular formula is C20H20F2N6OS. The number of thioether (sulfide) groups is 1. The van der Waals surface area contributed by atoms with E-state index in [1.807, 2.05) is 13.0 Å². The van der Waals surface area contributed by atoms with Crippen LogP contribution in [-0.4, -0.2) is 52.6 Å². The van der Waals surface area contributed by atoms with Gasteiger partial charge in [-0.3, -0.25) is 0 Å². The molecule has 0 amide bonds. The highest BCUT2D eigenvalue weighted by molar-refractivity contribution is 7.99. The Bertz CT molecular complexity index is 1060. The van der Waals surface area contributed by atoms with Gasteiger partial charge in [0.2, 0.25) is 0 Å². The monoisotopic (exact) mass is 430 g/mol. The maximum absolute atomic E-state index is 14.1. The van der Waals surface area contributed by atoms with Crippen LogP contribution < -0.4 is 5.32 Å². The fraction of sp³-hybridized carbons (Fsp3) is 0.400. The van der Waals surface area contributed by atoms with Crippen molar-refractivity contribution >= 4 is 11.8 Å². The van der Waals surface area contributed by atoms with Crippen molar-refractivity contribution in [2.24, 2.45) is 0 Å². The van der Waals surface area contributed by atoms with Crippen molar-refractivity contribution in [1.82, 2.24) is 30.0 Å². The van der Waals surface area contributed by atoms with Crippen molar-refractivity contribution in [2.75, 3.05) is 0 Å². The zero-order valence-electron chi connectivity index (χ0n) is 16.2. The Balaban J connectivity index is 1.31. The molecule has 2 bridgehead atoms. The Kier molecular flexibility index (Phi) is 4.51. The summed E-state index contributed by atoms with van der Waals surface area (Å²) < 4.78 is 30.0. The van der Waals surface area contributed by atoms with Crippen LogP contribution in [0.1, 0.15) is 26.2 Å². The highest BCUT2D eigenvalue weighted by Crippen LogP contribution is 2.48. The number of benzene rings is 1. The minimum Gasteiger partial charge on any atom is -0.507 e. The normalized spacial score (nSPS) is 27.3. The fourth-order valence-corrected chi connectivity index (χ4v) is 5.70. The summed E-state index contributed by atoms with van der Waals surface area (Å²) in [6, 6.07) is 4.37. The number of aromatic nitrogens is 5. The van der Waals surface area contributed by atoms with Crippen molar-refractivity contribution in [3.8, 4) is 22.8 Å². The van der Waals surface area contributed by atoms with Crippen molar-refractivity contribution in [3.05, 3.63) is 43.1 Å². The molecule has 2 aromatic heterocycles. The molecule has 1 aromatic carbocycles. The number of phenols is 1. The summed E-state index contributed by atoms with van der Waals surface area (Å²) in [4.78, 5) is 8.32. The number of phenolic OH excluding ortho intramolecular Hbond substituents is 1. The Morgan fingerprint density at radius 1 is 1.30 bits per heavy atom. The number of halogens is 2. The van der Waals surface area contributed by atoms with Crippen LogP contribution in [0.4, 0.5) is 8.78 Å². The molecule has 0 saturated carbocycles. The van der Waals surface area contributed by atoms with Crippen molar-refractivity contribution in [3.63, 3.8) is 0 Å². The SMILES string of the molecule is C[C@@]12C[C@@H](Sc3cnc(-c4ccc(-n5ccnc5)cc4O)nn3)CC(N1)C(F)(F)C2. The zero-order valence-corrected chi connectivity index (χ0v) is 17.0. The van der Waals surface area contributed by atoms with Gasteiger partial charge in [-0.05, 0) is 31.9 Å². The van der Waals surface area contributed by atoms with Gasteiger partial charge in [-0.1, -0.05) is 11.8 Å². The first-order valence-electron chi connectivity index (χ1n) is 9.65. The van der Waals surface area contributed by atoms with Crippen molar-refractivity contribution in [1.29, 1.82) is 0 Å². The molecule has 10 heteroatoms. The van der Waals surface area contributed by atoms with Gasteiger partial charge in [0.15, 0.2) is 5.82 Å². The Labute approximate surface area is 176 Å². The summed E-state index contributed by atoms with van der Waals surface area (Å²) in [5.41, 5.74) is 0.683. The van der Waals surface area contributed by atoms with E-state index in [1.54, 1.807) is 41.6 Å². The lowest BCUT2D eigenvalue weighted by atomic mass is 9.92. The van der Waals surface area contributed by atoms with E-state index in [0.717, 1.165) is 5.69 Å². The average Bonchev–Trinajstić information content (AvgIpc) is 3.27. The standard InChI is InChI=1S/C20H20F2N6OS/c1-19-8-13(7-16(25-19)20(21,22)10-19)30-17-9-24-18(27-26-17)14-3-2-12(6-15(14)29)28-5-4-23-11-28/h2-6,9,11,13,16,25,29H,7-8,10H2,1H3/t13-,16?,19-/m0/s1. The molecule has 0 radical (unpaired) electrons. The molecule has 0 aliphatic carbocycles.